The molecule has 0 unspecified atom stereocenters. The summed E-state index contributed by atoms with van der Waals surface area (Å²) in [5, 5.41) is 7.20. The van der Waals surface area contributed by atoms with Crippen LogP contribution in [-0.4, -0.2) is 86.6 Å². The molecule has 51 heavy (non-hydrogen) atoms. The van der Waals surface area contributed by atoms with E-state index < -0.39 is 20.3 Å². The zero-order valence-corrected chi connectivity index (χ0v) is 33.1. The molecule has 1 aliphatic rings. The number of likely N-dealkylation sites (tertiary alicyclic amines) is 1. The van der Waals surface area contributed by atoms with E-state index in [-0.39, 0.29) is 48.1 Å². The van der Waals surface area contributed by atoms with E-state index in [1.54, 1.807) is 16.5 Å². The van der Waals surface area contributed by atoms with Crippen LogP contribution in [0.1, 0.15) is 82.6 Å². The number of aromatic nitrogens is 2. The number of aryl methyl sites for hydroxylation is 1. The van der Waals surface area contributed by atoms with Crippen molar-refractivity contribution in [1.82, 2.24) is 20.4 Å². The Bertz CT molecular complexity index is 1690. The highest BCUT2D eigenvalue weighted by atomic mass is 32.1. The molecular weight excluding hydrogens is 685 g/mol. The zero-order chi connectivity index (χ0) is 37.3. The van der Waals surface area contributed by atoms with Gasteiger partial charge in [-0.15, -0.1) is 11.3 Å². The lowest BCUT2D eigenvalue weighted by Gasteiger charge is -2.38. The Morgan fingerprint density at radius 3 is 2.49 bits per heavy atom. The molecule has 13 heteroatoms. The van der Waals surface area contributed by atoms with Crippen molar-refractivity contribution < 1.29 is 32.8 Å². The second-order valence-corrected chi connectivity index (χ2v) is 20.4. The van der Waals surface area contributed by atoms with Crippen molar-refractivity contribution in [3.05, 3.63) is 58.6 Å². The van der Waals surface area contributed by atoms with Gasteiger partial charge in [0.25, 0.3) is 0 Å². The maximum atomic E-state index is 14.3. The van der Waals surface area contributed by atoms with Gasteiger partial charge in [-0.25, -0.2) is 4.98 Å². The van der Waals surface area contributed by atoms with Crippen molar-refractivity contribution in [3.8, 4) is 22.3 Å². The number of benzene rings is 1. The first kappa shape index (κ1) is 40.1. The van der Waals surface area contributed by atoms with E-state index in [4.69, 9.17) is 18.4 Å². The summed E-state index contributed by atoms with van der Waals surface area (Å²) in [7, 11) is -2.17. The van der Waals surface area contributed by atoms with Crippen LogP contribution in [-0.2, 0) is 28.3 Å². The number of nitrogens with one attached hydrogen (secondary N) is 1. The van der Waals surface area contributed by atoms with Gasteiger partial charge in [0.2, 0.25) is 11.8 Å². The number of carbonyl (C=O) groups is 3. The molecule has 276 valence electrons. The van der Waals surface area contributed by atoms with Crippen LogP contribution in [0.15, 0.2) is 40.4 Å². The van der Waals surface area contributed by atoms with Gasteiger partial charge in [-0.2, -0.15) is 0 Å². The molecule has 0 radical (unpaired) electrons. The zero-order valence-electron chi connectivity index (χ0n) is 31.3. The summed E-state index contributed by atoms with van der Waals surface area (Å²) in [6.45, 7) is 20.0. The van der Waals surface area contributed by atoms with Crippen LogP contribution in [0, 0.1) is 24.7 Å². The molecule has 0 bridgehead atoms. The van der Waals surface area contributed by atoms with Crippen molar-refractivity contribution >= 4 is 37.8 Å². The standard InChI is InChI=1S/C38H52N4O7SSi/c1-25(2)34(33-21-26(3)41-48-33)37(45)42-23-30(49-51(8,9)38(5,6)7)22-32(42)36(44)40-27(4)28-12-14-29(15-13-28)35-31(39-24-50-35)11-10-17-46-19-20-47-18-16-43/h12-16,21,24-25,27,30,32,34H,17-20,22-23H2,1-9H3,(H,40,44)/t27-,30+,32-,34+/m0/s1. The predicted molar refractivity (Wildman–Crippen MR) is 200 cm³/mol. The van der Waals surface area contributed by atoms with Crippen LogP contribution in [0.5, 0.6) is 0 Å². The summed E-state index contributed by atoms with van der Waals surface area (Å²) in [6, 6.07) is 8.78. The highest BCUT2D eigenvalue weighted by Gasteiger charge is 2.47. The molecule has 1 aliphatic heterocycles. The minimum Gasteiger partial charge on any atom is -0.412 e. The quantitative estimate of drug-likeness (QED) is 0.0827. The van der Waals surface area contributed by atoms with E-state index in [2.05, 4.69) is 61.2 Å². The maximum absolute atomic E-state index is 14.3. The fourth-order valence-corrected chi connectivity index (χ4v) is 7.87. The van der Waals surface area contributed by atoms with Crippen molar-refractivity contribution in [1.29, 1.82) is 0 Å². The highest BCUT2D eigenvalue weighted by molar-refractivity contribution is 7.13. The largest absolute Gasteiger partial charge is 0.412 e. The van der Waals surface area contributed by atoms with Crippen molar-refractivity contribution in [2.75, 3.05) is 33.0 Å². The Labute approximate surface area is 306 Å². The molecular formula is C38H52N4O7SSi. The van der Waals surface area contributed by atoms with Crippen molar-refractivity contribution in [2.24, 2.45) is 5.92 Å². The number of rotatable bonds is 15. The number of amides is 2. The number of thiazole rings is 1. The summed E-state index contributed by atoms with van der Waals surface area (Å²) in [5.41, 5.74) is 5.02. The highest BCUT2D eigenvalue weighted by Crippen LogP contribution is 2.40. The molecule has 1 saturated heterocycles. The monoisotopic (exact) mass is 736 g/mol. The van der Waals surface area contributed by atoms with E-state index in [9.17, 15) is 14.4 Å². The second kappa shape index (κ2) is 17.7. The first-order valence-corrected chi connectivity index (χ1v) is 21.3. The van der Waals surface area contributed by atoms with Gasteiger partial charge in [-0.05, 0) is 54.9 Å². The molecule has 1 fully saturated rings. The summed E-state index contributed by atoms with van der Waals surface area (Å²) in [5.74, 6) is 5.56. The lowest BCUT2D eigenvalue weighted by atomic mass is 9.91. The van der Waals surface area contributed by atoms with E-state index in [0.29, 0.717) is 49.6 Å². The van der Waals surface area contributed by atoms with Gasteiger partial charge in [0, 0.05) is 19.0 Å². The Kier molecular flexibility index (Phi) is 13.9. The normalized spacial score (nSPS) is 17.6. The van der Waals surface area contributed by atoms with Crippen LogP contribution < -0.4 is 5.32 Å². The third-order valence-electron chi connectivity index (χ3n) is 9.54. The molecule has 3 heterocycles. The van der Waals surface area contributed by atoms with E-state index in [0.717, 1.165) is 16.0 Å². The van der Waals surface area contributed by atoms with E-state index in [1.807, 2.05) is 52.0 Å². The summed E-state index contributed by atoms with van der Waals surface area (Å²) >= 11 is 1.50. The van der Waals surface area contributed by atoms with Crippen LogP contribution in [0.3, 0.4) is 0 Å². The van der Waals surface area contributed by atoms with Gasteiger partial charge in [0.1, 0.15) is 42.9 Å². The lowest BCUT2D eigenvalue weighted by Crippen LogP contribution is -2.48. The van der Waals surface area contributed by atoms with Crippen LogP contribution in [0.4, 0.5) is 0 Å². The van der Waals surface area contributed by atoms with E-state index >= 15 is 0 Å². The summed E-state index contributed by atoms with van der Waals surface area (Å²) in [4.78, 5) is 45.7. The van der Waals surface area contributed by atoms with Gasteiger partial charge in [0.05, 0.1) is 41.4 Å². The lowest BCUT2D eigenvalue weighted by molar-refractivity contribution is -0.141. The Balaban J connectivity index is 1.47. The number of aldehydes is 1. The molecule has 0 aliphatic carbocycles. The molecule has 4 atom stereocenters. The first-order valence-electron chi connectivity index (χ1n) is 17.5. The van der Waals surface area contributed by atoms with Gasteiger partial charge < -0.3 is 33.4 Å². The molecule has 1 aromatic carbocycles. The fraction of sp³-hybridized carbons (Fsp3) is 0.553. The third kappa shape index (κ3) is 10.5. The Morgan fingerprint density at radius 2 is 1.86 bits per heavy atom. The summed E-state index contributed by atoms with van der Waals surface area (Å²) < 4.78 is 22.8. The maximum Gasteiger partial charge on any atom is 0.243 e. The smallest absolute Gasteiger partial charge is 0.243 e. The Morgan fingerprint density at radius 1 is 1.16 bits per heavy atom. The van der Waals surface area contributed by atoms with Crippen LogP contribution >= 0.6 is 11.3 Å². The average Bonchev–Trinajstić information content (AvgIpc) is 3.82. The van der Waals surface area contributed by atoms with Crippen molar-refractivity contribution in [3.63, 3.8) is 0 Å². The minimum absolute atomic E-state index is 0.0178. The van der Waals surface area contributed by atoms with Crippen LogP contribution in [0.2, 0.25) is 18.1 Å². The number of hydrogen-bond acceptors (Lipinski definition) is 10. The Hall–Kier alpha value is -3.67. The van der Waals surface area contributed by atoms with E-state index in [1.165, 1.54) is 11.3 Å². The topological polar surface area (TPSA) is 133 Å². The molecule has 0 saturated carbocycles. The number of hydrogen-bond donors (Lipinski definition) is 1. The molecule has 2 aromatic heterocycles. The second-order valence-electron chi connectivity index (χ2n) is 14.8. The van der Waals surface area contributed by atoms with Gasteiger partial charge >= 0.3 is 0 Å². The molecule has 2 amide bonds. The van der Waals surface area contributed by atoms with Gasteiger partial charge in [-0.3, -0.25) is 9.59 Å². The number of carbonyl (C=O) groups excluding carboxylic acids is 3. The predicted octanol–water partition coefficient (Wildman–Crippen LogP) is 6.30. The number of nitrogens with zero attached hydrogens (tertiary/aromatic N) is 3. The van der Waals surface area contributed by atoms with Crippen LogP contribution in [0.25, 0.3) is 10.4 Å². The molecule has 11 nitrogen and oxygen atoms in total. The molecule has 1 N–H and O–H groups in total. The van der Waals surface area contributed by atoms with Gasteiger partial charge in [0.15, 0.2) is 8.32 Å². The average molecular weight is 737 g/mol. The summed E-state index contributed by atoms with van der Waals surface area (Å²) in [6.07, 6.45) is 0.868. The van der Waals surface area contributed by atoms with Gasteiger partial charge in [-0.1, -0.05) is 70.0 Å². The molecule has 0 spiro atoms. The SMILES string of the molecule is Cc1cc([C@H](C(=O)N2C[C@H](O[Si](C)(C)C(C)(C)C)C[C@H]2C(=O)N[C@@H](C)c2ccc(-c3scnc3C#CCOCCOCC=O)cc2)C(C)C)on1. The third-order valence-corrected chi connectivity index (χ3v) is 14.9. The first-order chi connectivity index (χ1) is 24.1. The molecule has 4 rings (SSSR count). The molecule has 3 aromatic rings. The fourth-order valence-electron chi connectivity index (χ4n) is 5.76. The minimum atomic E-state index is -2.17. The number of ether oxygens (including phenoxy) is 2. The van der Waals surface area contributed by atoms with Crippen molar-refractivity contribution in [2.45, 2.75) is 97.1 Å².